The highest BCUT2D eigenvalue weighted by molar-refractivity contribution is 8.00. The van der Waals surface area contributed by atoms with Crippen molar-refractivity contribution in [2.45, 2.75) is 37.0 Å². The molecule has 122 valence electrons. The summed E-state index contributed by atoms with van der Waals surface area (Å²) in [5, 5.41) is 1.97. The number of aliphatic imine (C=N–C) groups is 1. The fourth-order valence-electron chi connectivity index (χ4n) is 2.24. The maximum absolute atomic E-state index is 11.9. The molecule has 0 aromatic heterocycles. The molecule has 3 atom stereocenters. The summed E-state index contributed by atoms with van der Waals surface area (Å²) >= 11 is 1.41. The van der Waals surface area contributed by atoms with E-state index in [0.717, 1.165) is 0 Å². The lowest BCUT2D eigenvalue weighted by molar-refractivity contribution is -0.148. The minimum atomic E-state index is -0.428. The van der Waals surface area contributed by atoms with Gasteiger partial charge in [0.25, 0.3) is 0 Å². The molecule has 2 rings (SSSR count). The van der Waals surface area contributed by atoms with Crippen LogP contribution in [-0.4, -0.2) is 58.8 Å². The van der Waals surface area contributed by atoms with Crippen LogP contribution in [0, 0.1) is 0 Å². The van der Waals surface area contributed by atoms with Crippen molar-refractivity contribution in [2.75, 3.05) is 13.3 Å². The minimum Gasteiger partial charge on any atom is -0.465 e. The van der Waals surface area contributed by atoms with Gasteiger partial charge < -0.3 is 15.2 Å². The van der Waals surface area contributed by atoms with Crippen molar-refractivity contribution >= 4 is 35.7 Å². The Morgan fingerprint density at radius 3 is 2.77 bits per heavy atom. The van der Waals surface area contributed by atoms with E-state index in [1.54, 1.807) is 0 Å². The molecule has 0 aromatic rings. The number of thioether (sulfide) groups is 1. The monoisotopic (exact) mass is 330 g/mol. The van der Waals surface area contributed by atoms with Crippen molar-refractivity contribution in [1.29, 1.82) is 0 Å². The minimum absolute atomic E-state index is 0.0808. The summed E-state index contributed by atoms with van der Waals surface area (Å²) in [4.78, 5) is 39.6. The van der Waals surface area contributed by atoms with Crippen LogP contribution in [0.3, 0.4) is 0 Å². The molecule has 0 bridgehead atoms. The molecule has 1 fully saturated rings. The first kappa shape index (κ1) is 16.4. The zero-order chi connectivity index (χ0) is 16.3. The molecule has 22 heavy (non-hydrogen) atoms. The zero-order valence-electron chi connectivity index (χ0n) is 12.3. The third-order valence-electron chi connectivity index (χ3n) is 3.19. The number of hydrogen-bond acceptors (Lipinski definition) is 8. The molecule has 3 N–H and O–H groups in total. The molecule has 0 spiro atoms. The number of urea groups is 1. The smallest absolute Gasteiger partial charge is 0.326 e. The van der Waals surface area contributed by atoms with E-state index in [-0.39, 0.29) is 35.9 Å². The maximum Gasteiger partial charge on any atom is 0.326 e. The Bertz CT molecular complexity index is 512. The molecule has 0 unspecified atom stereocenters. The highest BCUT2D eigenvalue weighted by Gasteiger charge is 2.42. The summed E-state index contributed by atoms with van der Waals surface area (Å²) < 4.78 is 10.3. The Labute approximate surface area is 131 Å². The third kappa shape index (κ3) is 4.03. The van der Waals surface area contributed by atoms with Gasteiger partial charge in [-0.25, -0.2) is 9.79 Å². The molecular formula is C12H18N4O5S. The number of nitrogens with one attached hydrogen (secondary N) is 1. The quantitative estimate of drug-likeness (QED) is 0.673. The van der Waals surface area contributed by atoms with E-state index in [4.69, 9.17) is 15.2 Å². The van der Waals surface area contributed by atoms with E-state index in [1.807, 2.05) is 0 Å². The van der Waals surface area contributed by atoms with E-state index in [0.29, 0.717) is 6.42 Å². The van der Waals surface area contributed by atoms with Gasteiger partial charge in [0, 0.05) is 20.3 Å². The second kappa shape index (κ2) is 6.86. The molecule has 1 saturated heterocycles. The van der Waals surface area contributed by atoms with Crippen LogP contribution in [-0.2, 0) is 19.1 Å². The fraction of sp³-hybridized carbons (Fsp3) is 0.667. The van der Waals surface area contributed by atoms with Gasteiger partial charge in [0.05, 0.1) is 10.6 Å². The summed E-state index contributed by atoms with van der Waals surface area (Å²) in [7, 11) is 0. The topological polar surface area (TPSA) is 123 Å². The van der Waals surface area contributed by atoms with Crippen LogP contribution in [0.2, 0.25) is 0 Å². The van der Waals surface area contributed by atoms with Crippen LogP contribution in [0.1, 0.15) is 20.3 Å². The lowest BCUT2D eigenvalue weighted by Crippen LogP contribution is -2.53. The number of nitrogens with zero attached hydrogens (tertiary/aromatic N) is 2. The number of carbonyl (C=O) groups excluding carboxylic acids is 3. The third-order valence-corrected chi connectivity index (χ3v) is 4.74. The van der Waals surface area contributed by atoms with E-state index in [2.05, 4.69) is 10.3 Å². The summed E-state index contributed by atoms with van der Waals surface area (Å²) in [6.45, 7) is 2.89. The first-order chi connectivity index (χ1) is 10.4. The van der Waals surface area contributed by atoms with E-state index < -0.39 is 18.0 Å². The van der Waals surface area contributed by atoms with Crippen molar-refractivity contribution in [2.24, 2.45) is 10.7 Å². The Hall–Kier alpha value is -1.97. The highest BCUT2D eigenvalue weighted by Crippen LogP contribution is 2.38. The van der Waals surface area contributed by atoms with Crippen molar-refractivity contribution in [3.05, 3.63) is 0 Å². The Morgan fingerprint density at radius 1 is 1.45 bits per heavy atom. The van der Waals surface area contributed by atoms with Gasteiger partial charge in [-0.15, -0.1) is 11.8 Å². The van der Waals surface area contributed by atoms with Crippen LogP contribution < -0.4 is 11.1 Å². The Morgan fingerprint density at radius 2 is 2.18 bits per heavy atom. The second-order valence-corrected chi connectivity index (χ2v) is 6.32. The molecule has 0 aliphatic carbocycles. The van der Waals surface area contributed by atoms with Gasteiger partial charge >= 0.3 is 18.0 Å². The first-order valence-corrected chi connectivity index (χ1v) is 7.64. The van der Waals surface area contributed by atoms with E-state index >= 15 is 0 Å². The van der Waals surface area contributed by atoms with Crippen LogP contribution in [0.25, 0.3) is 0 Å². The number of guanidine groups is 1. The molecule has 0 saturated carbocycles. The SMILES string of the molecule is CC(=O)OC[C@@H]1S[C@H](N2CN=C(N)NC2=O)C[C@@H]1OC(C)=O. The van der Waals surface area contributed by atoms with Crippen LogP contribution in [0.5, 0.6) is 0 Å². The number of nitrogens with two attached hydrogens (primary N) is 1. The Balaban J connectivity index is 2.03. The van der Waals surface area contributed by atoms with Gasteiger partial charge in [0.2, 0.25) is 0 Å². The molecule has 9 nitrogen and oxygen atoms in total. The maximum atomic E-state index is 11.9. The van der Waals surface area contributed by atoms with Crippen molar-refractivity contribution in [3.63, 3.8) is 0 Å². The number of carbonyl (C=O) groups is 3. The van der Waals surface area contributed by atoms with Gasteiger partial charge in [0.15, 0.2) is 5.96 Å². The predicted molar refractivity (Wildman–Crippen MR) is 78.8 cm³/mol. The standard InChI is InChI=1S/C12H18N4O5S/c1-6(17)20-4-9-8(21-7(2)18)3-10(22-9)16-5-14-11(13)15-12(16)19/h8-10H,3-5H2,1-2H3,(H3,13,14,15,19)/t8-,9-,10-/m0/s1. The molecule has 2 aliphatic rings. The fourth-order valence-corrected chi connectivity index (χ4v) is 3.74. The van der Waals surface area contributed by atoms with Crippen LogP contribution in [0.15, 0.2) is 4.99 Å². The largest absolute Gasteiger partial charge is 0.465 e. The summed E-state index contributed by atoms with van der Waals surface area (Å²) in [5.41, 5.74) is 5.45. The van der Waals surface area contributed by atoms with Crippen molar-refractivity contribution < 1.29 is 23.9 Å². The van der Waals surface area contributed by atoms with Gasteiger partial charge in [0.1, 0.15) is 19.4 Å². The van der Waals surface area contributed by atoms with Crippen molar-refractivity contribution in [1.82, 2.24) is 10.2 Å². The van der Waals surface area contributed by atoms with E-state index in [1.165, 1.54) is 30.5 Å². The average Bonchev–Trinajstić information content (AvgIpc) is 2.78. The molecule has 2 amide bonds. The first-order valence-electron chi connectivity index (χ1n) is 6.70. The van der Waals surface area contributed by atoms with Gasteiger partial charge in [-0.3, -0.25) is 19.8 Å². The molecule has 0 radical (unpaired) electrons. The number of ether oxygens (including phenoxy) is 2. The van der Waals surface area contributed by atoms with Gasteiger partial charge in [-0.2, -0.15) is 0 Å². The second-order valence-electron chi connectivity index (χ2n) is 4.90. The summed E-state index contributed by atoms with van der Waals surface area (Å²) in [5.74, 6) is -0.736. The molecule has 10 heteroatoms. The highest BCUT2D eigenvalue weighted by atomic mass is 32.2. The lowest BCUT2D eigenvalue weighted by atomic mass is 10.2. The lowest BCUT2D eigenvalue weighted by Gasteiger charge is -2.29. The zero-order valence-corrected chi connectivity index (χ0v) is 13.1. The summed E-state index contributed by atoms with van der Waals surface area (Å²) in [6, 6.07) is -0.347. The normalized spacial score (nSPS) is 27.9. The number of rotatable bonds is 4. The van der Waals surface area contributed by atoms with Crippen molar-refractivity contribution in [3.8, 4) is 0 Å². The van der Waals surface area contributed by atoms with Crippen LogP contribution in [0.4, 0.5) is 4.79 Å². The average molecular weight is 330 g/mol. The Kier molecular flexibility index (Phi) is 5.11. The van der Waals surface area contributed by atoms with E-state index in [9.17, 15) is 14.4 Å². The number of esters is 2. The molecule has 2 heterocycles. The van der Waals surface area contributed by atoms with Crippen LogP contribution >= 0.6 is 11.8 Å². The molecular weight excluding hydrogens is 312 g/mol. The number of hydrogen-bond donors (Lipinski definition) is 2. The molecule has 0 aromatic carbocycles. The van der Waals surface area contributed by atoms with Gasteiger partial charge in [-0.1, -0.05) is 0 Å². The molecule has 2 aliphatic heterocycles. The predicted octanol–water partition coefficient (Wildman–Crippen LogP) is -0.390. The summed E-state index contributed by atoms with van der Waals surface area (Å²) in [6.07, 6.45) is 0.0156. The van der Waals surface area contributed by atoms with Gasteiger partial charge in [-0.05, 0) is 0 Å². The number of amides is 2.